The summed E-state index contributed by atoms with van der Waals surface area (Å²) in [5.74, 6) is 0.221. The maximum atomic E-state index is 13.0. The van der Waals surface area contributed by atoms with Crippen molar-refractivity contribution in [1.29, 1.82) is 0 Å². The maximum absolute atomic E-state index is 13.0. The van der Waals surface area contributed by atoms with E-state index in [1.807, 2.05) is 0 Å². The summed E-state index contributed by atoms with van der Waals surface area (Å²) < 4.78 is 18.2. The third-order valence-corrected chi connectivity index (χ3v) is 3.37. The van der Waals surface area contributed by atoms with E-state index in [9.17, 15) is 9.50 Å². The topological polar surface area (TPSA) is 59.2 Å². The van der Waals surface area contributed by atoms with Crippen molar-refractivity contribution in [3.8, 4) is 28.6 Å². The Balaban J connectivity index is 2.01. The number of aromatic nitrogens is 2. The summed E-state index contributed by atoms with van der Waals surface area (Å²) in [6, 6.07) is 9.00. The van der Waals surface area contributed by atoms with E-state index in [0.29, 0.717) is 11.1 Å². The number of nitrogens with zero attached hydrogens (tertiary/aromatic N) is 2. The number of hydrogen-bond acceptors (Lipinski definition) is 4. The molecule has 0 spiro atoms. The highest BCUT2D eigenvalue weighted by Gasteiger charge is 2.14. The molecule has 0 saturated carbocycles. The molecule has 6 heteroatoms. The van der Waals surface area contributed by atoms with Gasteiger partial charge in [-0.25, -0.2) is 4.39 Å². The first-order chi connectivity index (χ1) is 10.0. The lowest BCUT2D eigenvalue weighted by Gasteiger charge is -1.99. The van der Waals surface area contributed by atoms with Crippen LogP contribution in [0, 0.1) is 12.7 Å². The number of aromatic hydroxyl groups is 1. The molecule has 106 valence electrons. The minimum Gasteiger partial charge on any atom is -0.508 e. The van der Waals surface area contributed by atoms with Crippen LogP contribution in [0.4, 0.5) is 4.39 Å². The third-order valence-electron chi connectivity index (χ3n) is 3.05. The van der Waals surface area contributed by atoms with Crippen LogP contribution < -0.4 is 0 Å². The monoisotopic (exact) mass is 304 g/mol. The predicted octanol–water partition coefficient (Wildman–Crippen LogP) is 4.21. The molecule has 0 fully saturated rings. The Morgan fingerprint density at radius 2 is 2.00 bits per heavy atom. The molecular weight excluding hydrogens is 295 g/mol. The van der Waals surface area contributed by atoms with Crippen LogP contribution in [0.25, 0.3) is 22.8 Å². The van der Waals surface area contributed by atoms with Crippen LogP contribution in [0.2, 0.25) is 5.02 Å². The molecule has 0 amide bonds. The van der Waals surface area contributed by atoms with Crippen LogP contribution in [-0.2, 0) is 0 Å². The molecular formula is C15H10ClFN2O2. The number of phenols is 1. The van der Waals surface area contributed by atoms with Crippen molar-refractivity contribution in [1.82, 2.24) is 10.1 Å². The van der Waals surface area contributed by atoms with Gasteiger partial charge in [-0.2, -0.15) is 4.98 Å². The number of halogens is 2. The lowest BCUT2D eigenvalue weighted by Crippen LogP contribution is -1.84. The Kier molecular flexibility index (Phi) is 3.35. The van der Waals surface area contributed by atoms with Crippen LogP contribution in [0.15, 0.2) is 40.9 Å². The first-order valence-corrected chi connectivity index (χ1v) is 6.51. The van der Waals surface area contributed by atoms with Gasteiger partial charge in [0, 0.05) is 11.1 Å². The van der Waals surface area contributed by atoms with Crippen molar-refractivity contribution in [2.24, 2.45) is 0 Å². The second kappa shape index (κ2) is 5.18. The molecule has 1 aromatic heterocycles. The van der Waals surface area contributed by atoms with Crippen molar-refractivity contribution < 1.29 is 14.0 Å². The van der Waals surface area contributed by atoms with Crippen LogP contribution >= 0.6 is 11.6 Å². The fourth-order valence-electron chi connectivity index (χ4n) is 1.86. The standard InChI is InChI=1S/C15H10ClFN2O2/c1-8-2-3-9(6-13(8)20)15-18-14(19-21-15)11-5-4-10(17)7-12(11)16/h2-7,20H,1H3. The van der Waals surface area contributed by atoms with Crippen molar-refractivity contribution in [2.75, 3.05) is 0 Å². The van der Waals surface area contributed by atoms with Crippen LogP contribution in [0.5, 0.6) is 5.75 Å². The molecule has 2 aromatic carbocycles. The van der Waals surface area contributed by atoms with Gasteiger partial charge in [-0.15, -0.1) is 0 Å². The summed E-state index contributed by atoms with van der Waals surface area (Å²) in [5, 5.41) is 13.7. The summed E-state index contributed by atoms with van der Waals surface area (Å²) in [4.78, 5) is 4.22. The van der Waals surface area contributed by atoms with Gasteiger partial charge in [0.2, 0.25) is 5.82 Å². The Morgan fingerprint density at radius 3 is 2.71 bits per heavy atom. The molecule has 0 aliphatic carbocycles. The molecule has 0 saturated heterocycles. The molecule has 0 bridgehead atoms. The summed E-state index contributed by atoms with van der Waals surface area (Å²) in [6.45, 7) is 1.79. The van der Waals surface area contributed by atoms with Crippen molar-refractivity contribution in [2.45, 2.75) is 6.92 Å². The van der Waals surface area contributed by atoms with E-state index in [2.05, 4.69) is 10.1 Å². The van der Waals surface area contributed by atoms with Gasteiger partial charge in [0.25, 0.3) is 5.89 Å². The van der Waals surface area contributed by atoms with Gasteiger partial charge in [-0.1, -0.05) is 22.8 Å². The number of benzene rings is 2. The molecule has 21 heavy (non-hydrogen) atoms. The highest BCUT2D eigenvalue weighted by atomic mass is 35.5. The fraction of sp³-hybridized carbons (Fsp3) is 0.0667. The molecule has 0 atom stereocenters. The van der Waals surface area contributed by atoms with Crippen molar-refractivity contribution in [3.63, 3.8) is 0 Å². The van der Waals surface area contributed by atoms with Crippen LogP contribution in [0.3, 0.4) is 0 Å². The average molecular weight is 305 g/mol. The van der Waals surface area contributed by atoms with Crippen molar-refractivity contribution >= 4 is 11.6 Å². The lowest BCUT2D eigenvalue weighted by molar-refractivity contribution is 0.431. The second-order valence-corrected chi connectivity index (χ2v) is 4.96. The third kappa shape index (κ3) is 2.60. The quantitative estimate of drug-likeness (QED) is 0.770. The van der Waals surface area contributed by atoms with E-state index >= 15 is 0 Å². The van der Waals surface area contributed by atoms with Gasteiger partial charge < -0.3 is 9.63 Å². The van der Waals surface area contributed by atoms with Gasteiger partial charge in [0.1, 0.15) is 11.6 Å². The highest BCUT2D eigenvalue weighted by Crippen LogP contribution is 2.30. The summed E-state index contributed by atoms with van der Waals surface area (Å²) in [6.07, 6.45) is 0. The normalized spacial score (nSPS) is 10.8. The van der Waals surface area contributed by atoms with E-state index in [0.717, 1.165) is 5.56 Å². The fourth-order valence-corrected chi connectivity index (χ4v) is 2.12. The lowest BCUT2D eigenvalue weighted by atomic mass is 10.1. The molecule has 4 nitrogen and oxygen atoms in total. The van der Waals surface area contributed by atoms with Crippen LogP contribution in [0.1, 0.15) is 5.56 Å². The SMILES string of the molecule is Cc1ccc(-c2nc(-c3ccc(F)cc3Cl)no2)cc1O. The number of rotatable bonds is 2. The molecule has 1 heterocycles. The summed E-state index contributed by atoms with van der Waals surface area (Å²) in [5.41, 5.74) is 1.82. The van der Waals surface area contributed by atoms with E-state index in [4.69, 9.17) is 16.1 Å². The van der Waals surface area contributed by atoms with E-state index in [1.165, 1.54) is 18.2 Å². The average Bonchev–Trinajstić information content (AvgIpc) is 2.91. The van der Waals surface area contributed by atoms with E-state index in [1.54, 1.807) is 25.1 Å². The van der Waals surface area contributed by atoms with Crippen molar-refractivity contribution in [3.05, 3.63) is 52.8 Å². The van der Waals surface area contributed by atoms with Gasteiger partial charge in [0.05, 0.1) is 5.02 Å². The minimum absolute atomic E-state index is 0.145. The Labute approximate surface area is 124 Å². The van der Waals surface area contributed by atoms with Gasteiger partial charge >= 0.3 is 0 Å². The number of phenolic OH excluding ortho intramolecular Hbond substituents is 1. The van der Waals surface area contributed by atoms with E-state index in [-0.39, 0.29) is 22.5 Å². The number of hydrogen-bond donors (Lipinski definition) is 1. The van der Waals surface area contributed by atoms with Gasteiger partial charge in [0.15, 0.2) is 0 Å². The van der Waals surface area contributed by atoms with E-state index < -0.39 is 5.82 Å². The molecule has 0 radical (unpaired) electrons. The molecule has 0 aliphatic heterocycles. The molecule has 0 unspecified atom stereocenters. The Hall–Kier alpha value is -2.40. The molecule has 0 aliphatic rings. The first kappa shape index (κ1) is 13.6. The smallest absolute Gasteiger partial charge is 0.258 e. The van der Waals surface area contributed by atoms with Crippen LogP contribution in [-0.4, -0.2) is 15.2 Å². The second-order valence-electron chi connectivity index (χ2n) is 4.55. The largest absolute Gasteiger partial charge is 0.508 e. The van der Waals surface area contributed by atoms with Gasteiger partial charge in [-0.3, -0.25) is 0 Å². The predicted molar refractivity (Wildman–Crippen MR) is 76.5 cm³/mol. The Morgan fingerprint density at radius 1 is 1.19 bits per heavy atom. The minimum atomic E-state index is -0.434. The zero-order valence-electron chi connectivity index (χ0n) is 11.0. The van der Waals surface area contributed by atoms with Gasteiger partial charge in [-0.05, 0) is 42.8 Å². The number of aryl methyl sites for hydroxylation is 1. The zero-order valence-corrected chi connectivity index (χ0v) is 11.7. The molecule has 3 aromatic rings. The zero-order chi connectivity index (χ0) is 15.0. The summed E-state index contributed by atoms with van der Waals surface area (Å²) >= 11 is 5.96. The summed E-state index contributed by atoms with van der Waals surface area (Å²) in [7, 11) is 0. The maximum Gasteiger partial charge on any atom is 0.258 e. The highest BCUT2D eigenvalue weighted by molar-refractivity contribution is 6.33. The molecule has 3 rings (SSSR count). The molecule has 1 N–H and O–H groups in total. The Bertz CT molecular complexity index is 817. The first-order valence-electron chi connectivity index (χ1n) is 6.14.